The zero-order valence-electron chi connectivity index (χ0n) is 4.00. The second kappa shape index (κ2) is 3.41. The Bertz CT molecular complexity index is 41.9. The Balaban J connectivity index is 2.99. The largest absolute Gasteiger partial charge is 0.0990 e. The second-order valence-corrected chi connectivity index (χ2v) is 1.80. The molecule has 0 aromatic carbocycles. The van der Waals surface area contributed by atoms with Crippen LogP contribution in [0.4, 0.5) is 0 Å². The average Bonchev–Trinajstić information content (AvgIpc) is 1.65. The van der Waals surface area contributed by atoms with Crippen LogP contribution in [0.5, 0.6) is 0 Å². The second-order valence-electron chi connectivity index (χ2n) is 1.24. The van der Waals surface area contributed by atoms with Gasteiger partial charge in [0.15, 0.2) is 0 Å². The van der Waals surface area contributed by atoms with Crippen LogP contribution >= 0.6 is 15.9 Å². The Morgan fingerprint density at radius 3 is 2.33 bits per heavy atom. The van der Waals surface area contributed by atoms with Crippen molar-refractivity contribution in [2.24, 2.45) is 0 Å². The number of hydrogen-bond donors (Lipinski definition) is 0. The van der Waals surface area contributed by atoms with Crippen molar-refractivity contribution in [3.8, 4) is 0 Å². The third kappa shape index (κ3) is 2.46. The number of allylic oxidation sites excluding steroid dienone is 1. The van der Waals surface area contributed by atoms with E-state index in [1.807, 2.05) is 0 Å². The molecule has 0 saturated heterocycles. The van der Waals surface area contributed by atoms with Crippen LogP contribution in [0.3, 0.4) is 0 Å². The SMILES string of the molecule is C=C(CC)CBr. The van der Waals surface area contributed by atoms with Gasteiger partial charge in [-0.15, -0.1) is 0 Å². The molecule has 0 saturated carbocycles. The zero-order chi connectivity index (χ0) is 4.99. The topological polar surface area (TPSA) is 0 Å². The van der Waals surface area contributed by atoms with E-state index in [1.54, 1.807) is 0 Å². The van der Waals surface area contributed by atoms with Crippen LogP contribution in [-0.4, -0.2) is 5.33 Å². The number of hydrogen-bond acceptors (Lipinski definition) is 0. The summed E-state index contributed by atoms with van der Waals surface area (Å²) in [6.45, 7) is 5.85. The standard InChI is InChI=1S/C5H9Br/c1-3-5(2)4-6/h2-4H2,1H3. The highest BCUT2D eigenvalue weighted by atomic mass is 79.9. The van der Waals surface area contributed by atoms with Gasteiger partial charge in [-0.1, -0.05) is 35.0 Å². The molecule has 0 amide bonds. The highest BCUT2D eigenvalue weighted by Crippen LogP contribution is 1.98. The molecule has 0 fully saturated rings. The molecule has 0 aliphatic heterocycles. The lowest BCUT2D eigenvalue weighted by atomic mass is 10.3. The van der Waals surface area contributed by atoms with Crippen LogP contribution in [0.25, 0.3) is 0 Å². The summed E-state index contributed by atoms with van der Waals surface area (Å²) in [5.41, 5.74) is 1.26. The van der Waals surface area contributed by atoms with Crippen LogP contribution in [0.2, 0.25) is 0 Å². The van der Waals surface area contributed by atoms with Gasteiger partial charge in [-0.25, -0.2) is 0 Å². The van der Waals surface area contributed by atoms with Crippen molar-refractivity contribution < 1.29 is 0 Å². The molecule has 6 heavy (non-hydrogen) atoms. The minimum Gasteiger partial charge on any atom is -0.0990 e. The van der Waals surface area contributed by atoms with Gasteiger partial charge < -0.3 is 0 Å². The molecule has 0 bridgehead atoms. The maximum atomic E-state index is 3.74. The average molecular weight is 149 g/mol. The first-order valence-corrected chi connectivity index (χ1v) is 3.16. The first kappa shape index (κ1) is 6.22. The van der Waals surface area contributed by atoms with Gasteiger partial charge in [-0.2, -0.15) is 0 Å². The lowest BCUT2D eigenvalue weighted by Crippen LogP contribution is -1.73. The lowest BCUT2D eigenvalue weighted by molar-refractivity contribution is 1.12. The van der Waals surface area contributed by atoms with Crippen molar-refractivity contribution in [1.82, 2.24) is 0 Å². The quantitative estimate of drug-likeness (QED) is 0.417. The molecule has 0 radical (unpaired) electrons. The van der Waals surface area contributed by atoms with E-state index in [-0.39, 0.29) is 0 Å². The summed E-state index contributed by atoms with van der Waals surface area (Å²) in [7, 11) is 0. The summed E-state index contributed by atoms with van der Waals surface area (Å²) in [5, 5.41) is 0.948. The summed E-state index contributed by atoms with van der Waals surface area (Å²) in [6, 6.07) is 0. The molecular weight excluding hydrogens is 140 g/mol. The van der Waals surface area contributed by atoms with Gasteiger partial charge >= 0.3 is 0 Å². The molecule has 0 aliphatic rings. The van der Waals surface area contributed by atoms with E-state index < -0.39 is 0 Å². The van der Waals surface area contributed by atoms with E-state index in [0.717, 1.165) is 11.8 Å². The van der Waals surface area contributed by atoms with Crippen LogP contribution in [0.1, 0.15) is 13.3 Å². The Morgan fingerprint density at radius 2 is 2.33 bits per heavy atom. The third-order valence-electron chi connectivity index (χ3n) is 0.689. The van der Waals surface area contributed by atoms with E-state index in [4.69, 9.17) is 0 Å². The summed E-state index contributed by atoms with van der Waals surface area (Å²) >= 11 is 3.28. The van der Waals surface area contributed by atoms with Crippen LogP contribution in [-0.2, 0) is 0 Å². The molecule has 1 heteroatoms. The van der Waals surface area contributed by atoms with Crippen molar-refractivity contribution in [1.29, 1.82) is 0 Å². The van der Waals surface area contributed by atoms with Gasteiger partial charge in [0.1, 0.15) is 0 Å². The fourth-order valence-corrected chi connectivity index (χ4v) is 0.491. The fourth-order valence-electron chi connectivity index (χ4n) is 0.0945. The van der Waals surface area contributed by atoms with E-state index in [0.29, 0.717) is 0 Å². The molecule has 36 valence electrons. The highest BCUT2D eigenvalue weighted by Gasteiger charge is 1.79. The summed E-state index contributed by atoms with van der Waals surface area (Å²) in [4.78, 5) is 0. The summed E-state index contributed by atoms with van der Waals surface area (Å²) in [6.07, 6.45) is 1.09. The van der Waals surface area contributed by atoms with E-state index in [9.17, 15) is 0 Å². The van der Waals surface area contributed by atoms with Crippen LogP contribution in [0.15, 0.2) is 12.2 Å². The number of halogens is 1. The summed E-state index contributed by atoms with van der Waals surface area (Å²) < 4.78 is 0. The third-order valence-corrected chi connectivity index (χ3v) is 1.48. The van der Waals surface area contributed by atoms with Crippen molar-refractivity contribution in [2.75, 3.05) is 5.33 Å². The fraction of sp³-hybridized carbons (Fsp3) is 0.600. The minimum absolute atomic E-state index is 0.948. The monoisotopic (exact) mass is 148 g/mol. The molecule has 0 spiro atoms. The molecule has 0 nitrogen and oxygen atoms in total. The Kier molecular flexibility index (Phi) is 3.54. The number of rotatable bonds is 2. The molecule has 0 atom stereocenters. The van der Waals surface area contributed by atoms with Crippen molar-refractivity contribution >= 4 is 15.9 Å². The first-order valence-electron chi connectivity index (χ1n) is 2.04. The normalized spacial score (nSPS) is 8.33. The highest BCUT2D eigenvalue weighted by molar-refractivity contribution is 9.09. The van der Waals surface area contributed by atoms with E-state index >= 15 is 0 Å². The Hall–Kier alpha value is 0.220. The molecule has 0 heterocycles. The maximum Gasteiger partial charge on any atom is 0.0239 e. The van der Waals surface area contributed by atoms with Crippen molar-refractivity contribution in [2.45, 2.75) is 13.3 Å². The molecule has 0 aromatic heterocycles. The predicted octanol–water partition coefficient (Wildman–Crippen LogP) is 2.35. The van der Waals surface area contributed by atoms with Gasteiger partial charge in [-0.05, 0) is 6.42 Å². The molecule has 0 N–H and O–H groups in total. The van der Waals surface area contributed by atoms with Gasteiger partial charge in [0.2, 0.25) is 0 Å². The Labute approximate surface area is 47.4 Å². The zero-order valence-corrected chi connectivity index (χ0v) is 5.59. The van der Waals surface area contributed by atoms with Crippen molar-refractivity contribution in [3.63, 3.8) is 0 Å². The molecule has 0 rings (SSSR count). The molecule has 0 unspecified atom stereocenters. The van der Waals surface area contributed by atoms with Gasteiger partial charge in [-0.3, -0.25) is 0 Å². The minimum atomic E-state index is 0.948. The van der Waals surface area contributed by atoms with Crippen molar-refractivity contribution in [3.05, 3.63) is 12.2 Å². The smallest absolute Gasteiger partial charge is 0.0239 e. The van der Waals surface area contributed by atoms with Gasteiger partial charge in [0.25, 0.3) is 0 Å². The number of alkyl halides is 1. The molecule has 0 aliphatic carbocycles. The molecule has 0 aromatic rings. The summed E-state index contributed by atoms with van der Waals surface area (Å²) in [5.74, 6) is 0. The lowest BCUT2D eigenvalue weighted by Gasteiger charge is -1.87. The Morgan fingerprint density at radius 1 is 1.83 bits per heavy atom. The van der Waals surface area contributed by atoms with Gasteiger partial charge in [0.05, 0.1) is 0 Å². The first-order chi connectivity index (χ1) is 2.81. The molecular formula is C5H9Br. The van der Waals surface area contributed by atoms with E-state index in [1.165, 1.54) is 5.57 Å². The van der Waals surface area contributed by atoms with Crippen LogP contribution in [0, 0.1) is 0 Å². The van der Waals surface area contributed by atoms with Gasteiger partial charge in [0, 0.05) is 5.33 Å². The van der Waals surface area contributed by atoms with E-state index in [2.05, 4.69) is 29.4 Å². The maximum absolute atomic E-state index is 3.74. The predicted molar refractivity (Wildman–Crippen MR) is 33.2 cm³/mol. The van der Waals surface area contributed by atoms with Crippen LogP contribution < -0.4 is 0 Å².